The van der Waals surface area contributed by atoms with E-state index in [0.717, 1.165) is 24.0 Å². The molecule has 0 amide bonds. The summed E-state index contributed by atoms with van der Waals surface area (Å²) in [7, 11) is 0. The Morgan fingerprint density at radius 2 is 1.74 bits per heavy atom. The fraction of sp³-hybridized carbons (Fsp3) is 0.143. The van der Waals surface area contributed by atoms with E-state index in [2.05, 4.69) is 34.3 Å². The Bertz CT molecular complexity index is 444. The summed E-state index contributed by atoms with van der Waals surface area (Å²) < 4.78 is 0. The predicted molar refractivity (Wildman–Crippen MR) is 64.0 cm³/mol. The van der Waals surface area contributed by atoms with Crippen LogP contribution >= 0.6 is 0 Å². The third-order valence-electron chi connectivity index (χ3n) is 2.15. The topological polar surface area (TPSA) is 25.8 Å². The second-order valence-corrected chi connectivity index (χ2v) is 3.33. The maximum Gasteiger partial charge on any atom is 4.00 e. The molecule has 5 heteroatoms. The molecule has 0 N–H and O–H groups in total. The molecule has 3 rings (SSSR count). The zero-order chi connectivity index (χ0) is 11.1. The zero-order valence-corrected chi connectivity index (χ0v) is 14.2. The Labute approximate surface area is 145 Å². The molecule has 0 radical (unpaired) electrons. The normalized spacial score (nSPS) is 13.4. The van der Waals surface area contributed by atoms with Gasteiger partial charge in [-0.25, -0.2) is 12.2 Å². The molecule has 1 aromatic rings. The number of aromatic nitrogens is 2. The first-order chi connectivity index (χ1) is 7.97. The van der Waals surface area contributed by atoms with Crippen LogP contribution in [0, 0.1) is 12.2 Å². The number of allylic oxidation sites excluding steroid dienone is 8. The molecule has 2 aliphatic rings. The van der Waals surface area contributed by atoms with E-state index in [1.165, 1.54) is 6.33 Å². The molecule has 0 fully saturated rings. The molecule has 0 saturated heterocycles. The second-order valence-electron chi connectivity index (χ2n) is 3.33. The van der Waals surface area contributed by atoms with Crippen LogP contribution in [0.4, 0.5) is 0 Å². The van der Waals surface area contributed by atoms with Crippen molar-refractivity contribution < 1.29 is 51.0 Å². The average molecular weight is 370 g/mol. The van der Waals surface area contributed by atoms with Gasteiger partial charge in [0.15, 0.2) is 0 Å². The van der Waals surface area contributed by atoms with Gasteiger partial charge in [-0.3, -0.25) is 16.0 Å². The van der Waals surface area contributed by atoms with Gasteiger partial charge in [0.2, 0.25) is 0 Å². The van der Waals surface area contributed by atoms with E-state index in [-0.39, 0.29) is 51.0 Å². The fourth-order valence-corrected chi connectivity index (χ4v) is 1.38. The fourth-order valence-electron chi connectivity index (χ4n) is 1.38. The summed E-state index contributed by atoms with van der Waals surface area (Å²) in [6.45, 7) is 0. The van der Waals surface area contributed by atoms with E-state index >= 15 is 0 Å². The van der Waals surface area contributed by atoms with Crippen molar-refractivity contribution >= 4 is 5.57 Å². The molecular formula is C14H12Cl2N2Zr. The van der Waals surface area contributed by atoms with Crippen LogP contribution < -0.4 is 24.8 Å². The smallest absolute Gasteiger partial charge is 1.00 e. The standard InChI is InChI=1S/C9H7N2.C5H5.2ClH.Zr/c1-2-4-8(3-1)9-5-10-7-11-6-9;1-2-4-5-3-1;;;/h1,3,5-7H,2H2;1-3H,4H2;2*1H;/q2*-1;;;+4/p-2. The molecule has 1 aromatic heterocycles. The van der Waals surface area contributed by atoms with Crippen molar-refractivity contribution in [1.82, 2.24) is 9.97 Å². The van der Waals surface area contributed by atoms with Crippen molar-refractivity contribution in [3.63, 3.8) is 0 Å². The van der Waals surface area contributed by atoms with Crippen LogP contribution in [0.1, 0.15) is 18.4 Å². The van der Waals surface area contributed by atoms with E-state index in [1.807, 2.05) is 18.2 Å². The van der Waals surface area contributed by atoms with Gasteiger partial charge in [-0.15, -0.1) is 12.5 Å². The Kier molecular flexibility index (Phi) is 13.7. The molecule has 0 aromatic carbocycles. The minimum atomic E-state index is 0. The van der Waals surface area contributed by atoms with E-state index in [9.17, 15) is 0 Å². The molecule has 0 unspecified atom stereocenters. The Hall–Kier alpha value is -0.497. The molecular weight excluding hydrogens is 358 g/mol. The molecule has 0 bridgehead atoms. The van der Waals surface area contributed by atoms with E-state index in [0.29, 0.717) is 0 Å². The first-order valence-electron chi connectivity index (χ1n) is 5.21. The van der Waals surface area contributed by atoms with Crippen LogP contribution in [0.25, 0.3) is 5.57 Å². The zero-order valence-electron chi connectivity index (χ0n) is 10.2. The summed E-state index contributed by atoms with van der Waals surface area (Å²) in [5.74, 6) is 0. The summed E-state index contributed by atoms with van der Waals surface area (Å²) in [5, 5.41) is 0. The van der Waals surface area contributed by atoms with Crippen molar-refractivity contribution in [3.8, 4) is 0 Å². The van der Waals surface area contributed by atoms with Crippen molar-refractivity contribution in [3.05, 3.63) is 66.8 Å². The maximum atomic E-state index is 3.92. The van der Waals surface area contributed by atoms with Crippen LogP contribution in [0.3, 0.4) is 0 Å². The minimum absolute atomic E-state index is 0. The summed E-state index contributed by atoms with van der Waals surface area (Å²) >= 11 is 0. The van der Waals surface area contributed by atoms with Crippen LogP contribution in [-0.2, 0) is 26.2 Å². The van der Waals surface area contributed by atoms with Gasteiger partial charge in [0.05, 0.1) is 0 Å². The van der Waals surface area contributed by atoms with Crippen molar-refractivity contribution in [2.24, 2.45) is 0 Å². The van der Waals surface area contributed by atoms with Crippen LogP contribution in [0.2, 0.25) is 0 Å². The summed E-state index contributed by atoms with van der Waals surface area (Å²) in [6.07, 6.45) is 23.3. The summed E-state index contributed by atoms with van der Waals surface area (Å²) in [4.78, 5) is 7.85. The van der Waals surface area contributed by atoms with Gasteiger partial charge in [0.1, 0.15) is 6.33 Å². The Morgan fingerprint density at radius 1 is 1.00 bits per heavy atom. The van der Waals surface area contributed by atoms with Gasteiger partial charge < -0.3 is 24.8 Å². The maximum absolute atomic E-state index is 3.92. The van der Waals surface area contributed by atoms with E-state index in [4.69, 9.17) is 0 Å². The van der Waals surface area contributed by atoms with Gasteiger partial charge in [0, 0.05) is 0 Å². The van der Waals surface area contributed by atoms with Gasteiger partial charge in [0.25, 0.3) is 0 Å². The SMILES string of the molecule is [C-]1=C(c2cncnc2)C=CC1.[C-]1=CC=CC1.[Cl-].[Cl-].[Zr+4]. The van der Waals surface area contributed by atoms with Gasteiger partial charge in [-0.2, -0.15) is 23.8 Å². The van der Waals surface area contributed by atoms with Crippen molar-refractivity contribution in [1.29, 1.82) is 0 Å². The molecule has 0 saturated carbocycles. The quantitative estimate of drug-likeness (QED) is 0.491. The van der Waals surface area contributed by atoms with Gasteiger partial charge in [-0.1, -0.05) is 12.0 Å². The Morgan fingerprint density at radius 3 is 2.16 bits per heavy atom. The second kappa shape index (κ2) is 12.5. The first kappa shape index (κ1) is 20.8. The molecule has 2 nitrogen and oxygen atoms in total. The van der Waals surface area contributed by atoms with Gasteiger partial charge >= 0.3 is 26.2 Å². The Balaban J connectivity index is 0. The molecule has 0 spiro atoms. The van der Waals surface area contributed by atoms with Crippen LogP contribution in [0.15, 0.2) is 49.1 Å². The molecule has 19 heavy (non-hydrogen) atoms. The van der Waals surface area contributed by atoms with E-state index < -0.39 is 0 Å². The molecule has 1 heterocycles. The number of nitrogens with zero attached hydrogens (tertiary/aromatic N) is 2. The van der Waals surface area contributed by atoms with Gasteiger partial charge in [-0.05, 0) is 12.4 Å². The summed E-state index contributed by atoms with van der Waals surface area (Å²) in [6, 6.07) is 0. The van der Waals surface area contributed by atoms with E-state index in [1.54, 1.807) is 12.4 Å². The predicted octanol–water partition coefficient (Wildman–Crippen LogP) is -3.07. The van der Waals surface area contributed by atoms with Crippen LogP contribution in [0.5, 0.6) is 0 Å². The number of hydrogen-bond acceptors (Lipinski definition) is 2. The molecule has 96 valence electrons. The largest absolute Gasteiger partial charge is 4.00 e. The number of halogens is 2. The van der Waals surface area contributed by atoms with Crippen LogP contribution in [-0.4, -0.2) is 9.97 Å². The third-order valence-corrected chi connectivity index (χ3v) is 2.15. The first-order valence-corrected chi connectivity index (χ1v) is 5.21. The molecule has 2 aliphatic carbocycles. The van der Waals surface area contributed by atoms with Crippen molar-refractivity contribution in [2.75, 3.05) is 0 Å². The molecule has 0 aliphatic heterocycles. The minimum Gasteiger partial charge on any atom is -1.00 e. The number of hydrogen-bond donors (Lipinski definition) is 0. The average Bonchev–Trinajstić information content (AvgIpc) is 3.07. The van der Waals surface area contributed by atoms with Crippen molar-refractivity contribution in [2.45, 2.75) is 12.8 Å². The summed E-state index contributed by atoms with van der Waals surface area (Å²) in [5.41, 5.74) is 2.15. The third kappa shape index (κ3) is 7.62. The number of rotatable bonds is 1. The molecule has 0 atom stereocenters. The monoisotopic (exact) mass is 368 g/mol.